The van der Waals surface area contributed by atoms with Gasteiger partial charge in [-0.05, 0) is 48.2 Å². The number of aromatic nitrogens is 3. The number of pyridine rings is 1. The third-order valence-electron chi connectivity index (χ3n) is 5.77. The first kappa shape index (κ1) is 18.3. The van der Waals surface area contributed by atoms with Crippen LogP contribution in [0.1, 0.15) is 24.1 Å². The van der Waals surface area contributed by atoms with Gasteiger partial charge < -0.3 is 5.32 Å². The van der Waals surface area contributed by atoms with Crippen LogP contribution < -0.4 is 5.32 Å². The smallest absolute Gasteiger partial charge is 0.141 e. The topological polar surface area (TPSA) is 71.0 Å². The van der Waals surface area contributed by atoms with Gasteiger partial charge in [0.25, 0.3) is 0 Å². The Hall–Kier alpha value is -2.70. The Bertz CT molecular complexity index is 1040. The Balaban J connectivity index is 1.38. The Kier molecular flexibility index (Phi) is 5.04. The average Bonchev–Trinajstić information content (AvgIpc) is 3.60. The van der Waals surface area contributed by atoms with Gasteiger partial charge in [-0.1, -0.05) is 6.07 Å². The first-order valence-corrected chi connectivity index (χ1v) is 10.4. The zero-order chi connectivity index (χ0) is 19.6. The van der Waals surface area contributed by atoms with Crippen molar-refractivity contribution in [3.05, 3.63) is 54.0 Å². The number of fused-ring (bicyclic) bond motifs is 1. The van der Waals surface area contributed by atoms with Gasteiger partial charge in [0.2, 0.25) is 0 Å². The van der Waals surface area contributed by atoms with Crippen molar-refractivity contribution in [2.45, 2.75) is 25.8 Å². The lowest BCUT2D eigenvalue weighted by molar-refractivity contribution is -0.119. The molecule has 6 nitrogen and oxygen atoms in total. The molecule has 2 aliphatic rings. The average molecular weight is 387 g/mol. The molecule has 29 heavy (non-hydrogen) atoms. The lowest BCUT2D eigenvalue weighted by Gasteiger charge is -2.27. The third kappa shape index (κ3) is 4.33. The van der Waals surface area contributed by atoms with E-state index in [-0.39, 0.29) is 5.92 Å². The number of benzene rings is 1. The predicted molar refractivity (Wildman–Crippen MR) is 112 cm³/mol. The SMILES string of the molecule is O=C(Cc1cc2cc(-c3cncc(CN4CCNCC4)c3)ccc2nn1)C1CC1. The van der Waals surface area contributed by atoms with E-state index in [0.29, 0.717) is 12.2 Å². The van der Waals surface area contributed by atoms with Crippen molar-refractivity contribution >= 4 is 16.7 Å². The van der Waals surface area contributed by atoms with Crippen LogP contribution >= 0.6 is 0 Å². The summed E-state index contributed by atoms with van der Waals surface area (Å²) in [7, 11) is 0. The normalized spacial score (nSPS) is 17.5. The minimum atomic E-state index is 0.253. The minimum Gasteiger partial charge on any atom is -0.314 e. The number of carbonyl (C=O) groups excluding carboxylic acids is 1. The number of piperazine rings is 1. The molecule has 0 unspecified atom stereocenters. The molecule has 148 valence electrons. The van der Waals surface area contributed by atoms with E-state index in [2.05, 4.69) is 43.6 Å². The molecule has 0 amide bonds. The van der Waals surface area contributed by atoms with Crippen LogP contribution in [0.2, 0.25) is 0 Å². The van der Waals surface area contributed by atoms with Crippen LogP contribution in [0.4, 0.5) is 0 Å². The molecule has 0 radical (unpaired) electrons. The molecule has 0 bridgehead atoms. The van der Waals surface area contributed by atoms with E-state index in [1.165, 1.54) is 5.56 Å². The number of hydrogen-bond donors (Lipinski definition) is 1. The molecule has 2 aromatic heterocycles. The molecule has 1 aliphatic carbocycles. The van der Waals surface area contributed by atoms with E-state index in [1.807, 2.05) is 24.5 Å². The van der Waals surface area contributed by atoms with Crippen LogP contribution in [0.25, 0.3) is 22.0 Å². The van der Waals surface area contributed by atoms with Gasteiger partial charge in [0.15, 0.2) is 0 Å². The zero-order valence-corrected chi connectivity index (χ0v) is 16.5. The van der Waals surface area contributed by atoms with Gasteiger partial charge in [0.1, 0.15) is 5.78 Å². The Morgan fingerprint density at radius 1 is 1.03 bits per heavy atom. The number of hydrogen-bond acceptors (Lipinski definition) is 6. The standard InChI is InChI=1S/C23H25N5O/c29-23(17-1-2-17)12-21-11-19-10-18(3-4-22(19)27-26-21)20-9-16(13-25-14-20)15-28-7-5-24-6-8-28/h3-4,9-11,13-14,17,24H,1-2,5-8,12,15H2. The van der Waals surface area contributed by atoms with E-state index in [9.17, 15) is 4.79 Å². The summed E-state index contributed by atoms with van der Waals surface area (Å²) < 4.78 is 0. The van der Waals surface area contributed by atoms with Gasteiger partial charge in [-0.15, -0.1) is 0 Å². The van der Waals surface area contributed by atoms with Crippen molar-refractivity contribution in [1.29, 1.82) is 0 Å². The molecular formula is C23H25N5O. The second kappa shape index (κ2) is 7.97. The molecule has 1 saturated carbocycles. The van der Waals surface area contributed by atoms with Crippen LogP contribution in [0.5, 0.6) is 0 Å². The van der Waals surface area contributed by atoms with E-state index in [4.69, 9.17) is 0 Å². The van der Waals surface area contributed by atoms with Crippen molar-refractivity contribution < 1.29 is 4.79 Å². The Labute approximate surface area is 170 Å². The summed E-state index contributed by atoms with van der Waals surface area (Å²) in [5, 5.41) is 13.0. The molecule has 1 saturated heterocycles. The van der Waals surface area contributed by atoms with Gasteiger partial charge in [-0.3, -0.25) is 14.7 Å². The Morgan fingerprint density at radius 2 is 1.90 bits per heavy atom. The Morgan fingerprint density at radius 3 is 2.72 bits per heavy atom. The fourth-order valence-corrected chi connectivity index (χ4v) is 3.94. The van der Waals surface area contributed by atoms with Crippen molar-refractivity contribution in [2.24, 2.45) is 5.92 Å². The summed E-state index contributed by atoms with van der Waals surface area (Å²) >= 11 is 0. The number of ketones is 1. The van der Waals surface area contributed by atoms with Gasteiger partial charge in [0, 0.05) is 62.0 Å². The highest BCUT2D eigenvalue weighted by atomic mass is 16.1. The van der Waals surface area contributed by atoms with Crippen LogP contribution in [-0.4, -0.2) is 52.0 Å². The molecule has 2 fully saturated rings. The van der Waals surface area contributed by atoms with Crippen LogP contribution in [0, 0.1) is 5.92 Å². The third-order valence-corrected chi connectivity index (χ3v) is 5.77. The fourth-order valence-electron chi connectivity index (χ4n) is 3.94. The molecule has 6 heteroatoms. The highest BCUT2D eigenvalue weighted by Gasteiger charge is 2.29. The van der Waals surface area contributed by atoms with Gasteiger partial charge in [-0.25, -0.2) is 0 Å². The lowest BCUT2D eigenvalue weighted by Crippen LogP contribution is -2.42. The van der Waals surface area contributed by atoms with Crippen molar-refractivity contribution in [3.8, 4) is 11.1 Å². The van der Waals surface area contributed by atoms with Gasteiger partial charge in [0.05, 0.1) is 17.6 Å². The van der Waals surface area contributed by atoms with Crippen LogP contribution in [0.3, 0.4) is 0 Å². The second-order valence-corrected chi connectivity index (χ2v) is 8.13. The molecule has 5 rings (SSSR count). The molecule has 1 aliphatic heterocycles. The highest BCUT2D eigenvalue weighted by molar-refractivity contribution is 5.87. The number of rotatable bonds is 6. The largest absolute Gasteiger partial charge is 0.314 e. The molecule has 0 spiro atoms. The van der Waals surface area contributed by atoms with E-state index in [1.54, 1.807) is 0 Å². The molecule has 0 atom stereocenters. The fraction of sp³-hybridized carbons (Fsp3) is 0.391. The predicted octanol–water partition coefficient (Wildman–Crippen LogP) is 2.62. The number of nitrogens with zero attached hydrogens (tertiary/aromatic N) is 4. The quantitative estimate of drug-likeness (QED) is 0.701. The minimum absolute atomic E-state index is 0.253. The lowest BCUT2D eigenvalue weighted by atomic mass is 10.0. The second-order valence-electron chi connectivity index (χ2n) is 8.13. The summed E-state index contributed by atoms with van der Waals surface area (Å²) in [6.07, 6.45) is 6.32. The van der Waals surface area contributed by atoms with E-state index < -0.39 is 0 Å². The molecule has 1 aromatic carbocycles. The molecule has 3 heterocycles. The maximum atomic E-state index is 12.1. The maximum Gasteiger partial charge on any atom is 0.141 e. The first-order valence-electron chi connectivity index (χ1n) is 10.4. The van der Waals surface area contributed by atoms with Gasteiger partial charge >= 0.3 is 0 Å². The van der Waals surface area contributed by atoms with E-state index >= 15 is 0 Å². The number of nitrogens with one attached hydrogen (secondary N) is 1. The summed E-state index contributed by atoms with van der Waals surface area (Å²) in [5.74, 6) is 0.544. The maximum absolute atomic E-state index is 12.1. The van der Waals surface area contributed by atoms with Crippen molar-refractivity contribution in [1.82, 2.24) is 25.4 Å². The molecule has 1 N–H and O–H groups in total. The summed E-state index contributed by atoms with van der Waals surface area (Å²) in [6, 6.07) is 10.4. The number of carbonyl (C=O) groups is 1. The van der Waals surface area contributed by atoms with Crippen LogP contribution in [0.15, 0.2) is 42.7 Å². The monoisotopic (exact) mass is 387 g/mol. The highest BCUT2D eigenvalue weighted by Crippen LogP contribution is 2.31. The van der Waals surface area contributed by atoms with E-state index in [0.717, 1.165) is 73.3 Å². The summed E-state index contributed by atoms with van der Waals surface area (Å²) in [5.41, 5.74) is 5.05. The number of Topliss-reactive ketones (excluding diaryl/α,β-unsaturated/α-hetero) is 1. The summed E-state index contributed by atoms with van der Waals surface area (Å²) in [4.78, 5) is 19.0. The zero-order valence-electron chi connectivity index (χ0n) is 16.5. The molecular weight excluding hydrogens is 362 g/mol. The molecule has 3 aromatic rings. The summed E-state index contributed by atoms with van der Waals surface area (Å²) in [6.45, 7) is 5.16. The van der Waals surface area contributed by atoms with Crippen LogP contribution in [-0.2, 0) is 17.8 Å². The van der Waals surface area contributed by atoms with Crippen molar-refractivity contribution in [2.75, 3.05) is 26.2 Å². The first-order chi connectivity index (χ1) is 14.2. The van der Waals surface area contributed by atoms with Crippen molar-refractivity contribution in [3.63, 3.8) is 0 Å². The van der Waals surface area contributed by atoms with Gasteiger partial charge in [-0.2, -0.15) is 10.2 Å².